The Kier molecular flexibility index (Phi) is 3.82. The number of ether oxygens (including phenoxy) is 1. The number of hydrogen-bond acceptors (Lipinski definition) is 3. The Morgan fingerprint density at radius 3 is 2.59 bits per heavy atom. The molecule has 1 aromatic heterocycles. The highest BCUT2D eigenvalue weighted by atomic mass is 35.5. The molecular weight excluding hydrogens is 298 g/mol. The van der Waals surface area contributed by atoms with Gasteiger partial charge in [-0.1, -0.05) is 23.7 Å². The fourth-order valence-electron chi connectivity index (χ4n) is 2.20. The Morgan fingerprint density at radius 2 is 1.91 bits per heavy atom. The maximum Gasteiger partial charge on any atom is 0.163 e. The predicted octanol–water partition coefficient (Wildman–Crippen LogP) is 4.07. The maximum atomic E-state index is 9.14. The number of benzene rings is 2. The molecule has 0 aliphatic heterocycles. The third-order valence-electron chi connectivity index (χ3n) is 3.26. The first-order valence-electron chi connectivity index (χ1n) is 6.62. The molecule has 3 rings (SSSR count). The summed E-state index contributed by atoms with van der Waals surface area (Å²) in [6, 6.07) is 18.8. The number of aromatic nitrogens is 2. The van der Waals surface area contributed by atoms with Gasteiger partial charge in [-0.15, -0.1) is 0 Å². The molecule has 2 aromatic carbocycles. The van der Waals surface area contributed by atoms with Gasteiger partial charge in [0.2, 0.25) is 0 Å². The molecule has 5 heteroatoms. The van der Waals surface area contributed by atoms with Crippen LogP contribution in [0.4, 0.5) is 0 Å². The van der Waals surface area contributed by atoms with Crippen molar-refractivity contribution in [2.45, 2.75) is 0 Å². The first-order chi connectivity index (χ1) is 10.7. The van der Waals surface area contributed by atoms with Crippen LogP contribution >= 0.6 is 11.6 Å². The minimum absolute atomic E-state index is 0.354. The molecule has 3 aromatic rings. The van der Waals surface area contributed by atoms with Gasteiger partial charge in [0.15, 0.2) is 5.69 Å². The van der Waals surface area contributed by atoms with Gasteiger partial charge < -0.3 is 4.74 Å². The van der Waals surface area contributed by atoms with Crippen molar-refractivity contribution in [1.29, 1.82) is 5.26 Å². The van der Waals surface area contributed by atoms with Gasteiger partial charge in [0, 0.05) is 16.7 Å². The molecule has 0 spiro atoms. The fraction of sp³-hybridized carbons (Fsp3) is 0.0588. The van der Waals surface area contributed by atoms with E-state index in [4.69, 9.17) is 21.6 Å². The quantitative estimate of drug-likeness (QED) is 0.732. The fourth-order valence-corrected chi connectivity index (χ4v) is 2.33. The van der Waals surface area contributed by atoms with Gasteiger partial charge >= 0.3 is 0 Å². The summed E-state index contributed by atoms with van der Waals surface area (Å²) in [6.45, 7) is 0. The lowest BCUT2D eigenvalue weighted by molar-refractivity contribution is 0.415. The lowest BCUT2D eigenvalue weighted by Crippen LogP contribution is -1.99. The first kappa shape index (κ1) is 14.2. The van der Waals surface area contributed by atoms with E-state index in [2.05, 4.69) is 11.2 Å². The molecular formula is C17H12ClN3O. The van der Waals surface area contributed by atoms with Crippen molar-refractivity contribution in [3.8, 4) is 28.8 Å². The molecule has 0 saturated heterocycles. The van der Waals surface area contributed by atoms with Crippen molar-refractivity contribution >= 4 is 11.6 Å². The average Bonchev–Trinajstić information content (AvgIpc) is 3.00. The van der Waals surface area contributed by atoms with Crippen LogP contribution in [0.25, 0.3) is 16.9 Å². The molecule has 22 heavy (non-hydrogen) atoms. The van der Waals surface area contributed by atoms with E-state index in [0.717, 1.165) is 22.7 Å². The monoisotopic (exact) mass is 309 g/mol. The van der Waals surface area contributed by atoms with E-state index in [9.17, 15) is 0 Å². The summed E-state index contributed by atoms with van der Waals surface area (Å²) in [4.78, 5) is 0. The van der Waals surface area contributed by atoms with Gasteiger partial charge in [0.25, 0.3) is 0 Å². The van der Waals surface area contributed by atoms with E-state index in [1.54, 1.807) is 30.0 Å². The molecule has 0 bridgehead atoms. The summed E-state index contributed by atoms with van der Waals surface area (Å²) in [5.41, 5.74) is 2.93. The topological polar surface area (TPSA) is 50.8 Å². The van der Waals surface area contributed by atoms with Crippen LogP contribution in [0.5, 0.6) is 5.75 Å². The number of methoxy groups -OCH3 is 1. The third-order valence-corrected chi connectivity index (χ3v) is 3.51. The average molecular weight is 310 g/mol. The van der Waals surface area contributed by atoms with Crippen molar-refractivity contribution in [3.63, 3.8) is 0 Å². The van der Waals surface area contributed by atoms with E-state index in [0.29, 0.717) is 10.7 Å². The van der Waals surface area contributed by atoms with Crippen molar-refractivity contribution in [1.82, 2.24) is 9.78 Å². The molecule has 0 unspecified atom stereocenters. The van der Waals surface area contributed by atoms with Crippen LogP contribution in [-0.2, 0) is 0 Å². The molecule has 1 heterocycles. The summed E-state index contributed by atoms with van der Waals surface area (Å²) >= 11 is 5.93. The van der Waals surface area contributed by atoms with Crippen LogP contribution in [0, 0.1) is 11.3 Å². The van der Waals surface area contributed by atoms with Crippen LogP contribution in [0.3, 0.4) is 0 Å². The predicted molar refractivity (Wildman–Crippen MR) is 85.3 cm³/mol. The van der Waals surface area contributed by atoms with Crippen molar-refractivity contribution in [2.75, 3.05) is 7.11 Å². The molecule has 0 amide bonds. The highest BCUT2D eigenvalue weighted by molar-refractivity contribution is 6.30. The van der Waals surface area contributed by atoms with E-state index in [1.807, 2.05) is 36.4 Å². The minimum Gasteiger partial charge on any atom is -0.497 e. The maximum absolute atomic E-state index is 9.14. The lowest BCUT2D eigenvalue weighted by atomic mass is 10.1. The second-order valence-electron chi connectivity index (χ2n) is 4.65. The summed E-state index contributed by atoms with van der Waals surface area (Å²) in [5.74, 6) is 0.750. The van der Waals surface area contributed by atoms with Gasteiger partial charge in [-0.25, -0.2) is 4.68 Å². The number of hydrogen-bond donors (Lipinski definition) is 0. The first-order valence-corrected chi connectivity index (χ1v) is 6.99. The molecule has 0 atom stereocenters. The molecule has 108 valence electrons. The zero-order valence-electron chi connectivity index (χ0n) is 11.8. The second kappa shape index (κ2) is 5.92. The van der Waals surface area contributed by atoms with Crippen LogP contribution in [0.15, 0.2) is 54.6 Å². The van der Waals surface area contributed by atoms with E-state index >= 15 is 0 Å². The van der Waals surface area contributed by atoms with Crippen LogP contribution < -0.4 is 4.74 Å². The molecule has 0 saturated carbocycles. The minimum atomic E-state index is 0.354. The summed E-state index contributed by atoms with van der Waals surface area (Å²) in [5, 5.41) is 14.1. The number of halogens is 1. The summed E-state index contributed by atoms with van der Waals surface area (Å²) in [7, 11) is 1.62. The second-order valence-corrected chi connectivity index (χ2v) is 5.08. The van der Waals surface area contributed by atoms with E-state index in [1.165, 1.54) is 0 Å². The van der Waals surface area contributed by atoms with Gasteiger partial charge in [-0.2, -0.15) is 10.4 Å². The van der Waals surface area contributed by atoms with Crippen molar-refractivity contribution < 1.29 is 4.74 Å². The SMILES string of the molecule is COc1cccc(-c2cc(C#N)nn2-c2ccc(Cl)cc2)c1. The standard InChI is InChI=1S/C17H12ClN3O/c1-22-16-4-2-3-12(9-16)17-10-14(11-19)20-21(17)15-7-5-13(18)6-8-15/h2-10H,1H3. The van der Waals surface area contributed by atoms with Crippen LogP contribution in [-0.4, -0.2) is 16.9 Å². The number of rotatable bonds is 3. The normalized spacial score (nSPS) is 10.2. The molecule has 0 aliphatic carbocycles. The Labute approximate surface area is 133 Å². The molecule has 0 N–H and O–H groups in total. The van der Waals surface area contributed by atoms with Gasteiger partial charge in [0.05, 0.1) is 18.5 Å². The Bertz CT molecular complexity index is 847. The van der Waals surface area contributed by atoms with Crippen LogP contribution in [0.2, 0.25) is 5.02 Å². The smallest absolute Gasteiger partial charge is 0.163 e. The van der Waals surface area contributed by atoms with E-state index < -0.39 is 0 Å². The van der Waals surface area contributed by atoms with Crippen molar-refractivity contribution in [3.05, 3.63) is 65.3 Å². The van der Waals surface area contributed by atoms with E-state index in [-0.39, 0.29) is 0 Å². The largest absolute Gasteiger partial charge is 0.497 e. The summed E-state index contributed by atoms with van der Waals surface area (Å²) < 4.78 is 6.98. The highest BCUT2D eigenvalue weighted by Crippen LogP contribution is 2.27. The van der Waals surface area contributed by atoms with Gasteiger partial charge in [0.1, 0.15) is 11.8 Å². The Hall–Kier alpha value is -2.77. The molecule has 4 nitrogen and oxygen atoms in total. The third kappa shape index (κ3) is 2.67. The van der Waals surface area contributed by atoms with Gasteiger partial charge in [-0.3, -0.25) is 0 Å². The zero-order chi connectivity index (χ0) is 15.5. The Morgan fingerprint density at radius 1 is 1.14 bits per heavy atom. The number of nitriles is 1. The molecule has 0 fully saturated rings. The molecule has 0 aliphatic rings. The van der Waals surface area contributed by atoms with Crippen molar-refractivity contribution in [2.24, 2.45) is 0 Å². The zero-order valence-corrected chi connectivity index (χ0v) is 12.6. The summed E-state index contributed by atoms with van der Waals surface area (Å²) in [6.07, 6.45) is 0. The lowest BCUT2D eigenvalue weighted by Gasteiger charge is -2.08. The molecule has 0 radical (unpaired) electrons. The Balaban J connectivity index is 2.16. The number of nitrogens with zero attached hydrogens (tertiary/aromatic N) is 3. The van der Waals surface area contributed by atoms with Gasteiger partial charge in [-0.05, 0) is 36.4 Å². The van der Waals surface area contributed by atoms with Crippen LogP contribution in [0.1, 0.15) is 5.69 Å². The highest BCUT2D eigenvalue weighted by Gasteiger charge is 2.12.